The second-order valence-corrected chi connectivity index (χ2v) is 5.40. The van der Waals surface area contributed by atoms with E-state index in [0.717, 1.165) is 18.2 Å². The number of anilines is 1. The standard InChI is InChI=1S/C12H19N3O2S/c16-11(17)8-10-9-18-12(14-10)13-4-7-15-5-2-1-3-6-15/h9H,1-8H2,(H,13,14)(H,16,17). The minimum Gasteiger partial charge on any atom is -0.481 e. The molecule has 0 radical (unpaired) electrons. The van der Waals surface area contributed by atoms with Crippen LogP contribution in [-0.2, 0) is 11.2 Å². The number of piperidine rings is 1. The number of aliphatic carboxylic acids is 1. The Morgan fingerprint density at radius 2 is 2.22 bits per heavy atom. The normalized spacial score (nSPS) is 16.7. The van der Waals surface area contributed by atoms with Crippen molar-refractivity contribution in [1.82, 2.24) is 9.88 Å². The van der Waals surface area contributed by atoms with Crippen LogP contribution in [0.3, 0.4) is 0 Å². The van der Waals surface area contributed by atoms with Crippen LogP contribution in [0.1, 0.15) is 25.0 Å². The molecule has 0 unspecified atom stereocenters. The Hall–Kier alpha value is -1.14. The van der Waals surface area contributed by atoms with Crippen molar-refractivity contribution in [1.29, 1.82) is 0 Å². The van der Waals surface area contributed by atoms with Gasteiger partial charge in [-0.25, -0.2) is 4.98 Å². The van der Waals surface area contributed by atoms with Gasteiger partial charge >= 0.3 is 5.97 Å². The summed E-state index contributed by atoms with van der Waals surface area (Å²) in [5.74, 6) is -0.833. The summed E-state index contributed by atoms with van der Waals surface area (Å²) in [4.78, 5) is 17.2. The van der Waals surface area contributed by atoms with Crippen molar-refractivity contribution in [2.24, 2.45) is 0 Å². The van der Waals surface area contributed by atoms with Crippen LogP contribution in [0.15, 0.2) is 5.38 Å². The molecule has 1 fully saturated rings. The Bertz CT molecular complexity index is 388. The van der Waals surface area contributed by atoms with Gasteiger partial charge in [-0.05, 0) is 25.9 Å². The zero-order valence-electron chi connectivity index (χ0n) is 10.4. The number of likely N-dealkylation sites (tertiary alicyclic amines) is 1. The van der Waals surface area contributed by atoms with Gasteiger partial charge in [0, 0.05) is 18.5 Å². The van der Waals surface area contributed by atoms with Gasteiger partial charge in [0.2, 0.25) is 0 Å². The Labute approximate surface area is 111 Å². The third-order valence-corrected chi connectivity index (χ3v) is 3.89. The van der Waals surface area contributed by atoms with Crippen LogP contribution in [-0.4, -0.2) is 47.1 Å². The molecule has 1 aromatic heterocycles. The number of thiazole rings is 1. The van der Waals surface area contributed by atoms with Crippen LogP contribution < -0.4 is 5.32 Å². The van der Waals surface area contributed by atoms with E-state index in [2.05, 4.69) is 15.2 Å². The molecule has 18 heavy (non-hydrogen) atoms. The molecule has 6 heteroatoms. The molecule has 0 bridgehead atoms. The first-order chi connectivity index (χ1) is 8.74. The highest BCUT2D eigenvalue weighted by atomic mass is 32.1. The molecule has 0 spiro atoms. The van der Waals surface area contributed by atoms with Gasteiger partial charge in [0.1, 0.15) is 0 Å². The van der Waals surface area contributed by atoms with E-state index in [4.69, 9.17) is 5.11 Å². The van der Waals surface area contributed by atoms with E-state index in [9.17, 15) is 4.79 Å². The molecule has 0 aromatic carbocycles. The van der Waals surface area contributed by atoms with Crippen molar-refractivity contribution < 1.29 is 9.90 Å². The monoisotopic (exact) mass is 269 g/mol. The van der Waals surface area contributed by atoms with E-state index in [1.807, 2.05) is 0 Å². The maximum atomic E-state index is 10.5. The number of nitrogens with zero attached hydrogens (tertiary/aromatic N) is 2. The predicted octanol–water partition coefficient (Wildman–Crippen LogP) is 1.67. The van der Waals surface area contributed by atoms with Crippen LogP contribution in [0.2, 0.25) is 0 Å². The van der Waals surface area contributed by atoms with Crippen LogP contribution in [0.4, 0.5) is 5.13 Å². The lowest BCUT2D eigenvalue weighted by molar-refractivity contribution is -0.136. The largest absolute Gasteiger partial charge is 0.481 e. The molecule has 0 saturated carbocycles. The highest BCUT2D eigenvalue weighted by molar-refractivity contribution is 7.13. The summed E-state index contributed by atoms with van der Waals surface area (Å²) in [6.45, 7) is 4.31. The van der Waals surface area contributed by atoms with Crippen molar-refractivity contribution in [3.8, 4) is 0 Å². The summed E-state index contributed by atoms with van der Waals surface area (Å²) < 4.78 is 0. The summed E-state index contributed by atoms with van der Waals surface area (Å²) >= 11 is 1.47. The fourth-order valence-electron chi connectivity index (χ4n) is 2.13. The Morgan fingerprint density at radius 1 is 1.44 bits per heavy atom. The third-order valence-electron chi connectivity index (χ3n) is 3.04. The summed E-state index contributed by atoms with van der Waals surface area (Å²) in [6, 6.07) is 0. The first-order valence-electron chi connectivity index (χ1n) is 6.36. The number of aromatic nitrogens is 1. The molecule has 1 aliphatic heterocycles. The molecule has 1 saturated heterocycles. The Balaban J connectivity index is 1.69. The third kappa shape index (κ3) is 4.27. The number of hydrogen-bond donors (Lipinski definition) is 2. The lowest BCUT2D eigenvalue weighted by Crippen LogP contribution is -2.33. The van der Waals surface area contributed by atoms with Crippen molar-refractivity contribution in [3.05, 3.63) is 11.1 Å². The topological polar surface area (TPSA) is 65.5 Å². The number of hydrogen-bond acceptors (Lipinski definition) is 5. The second-order valence-electron chi connectivity index (χ2n) is 4.54. The highest BCUT2D eigenvalue weighted by Crippen LogP contribution is 2.15. The summed E-state index contributed by atoms with van der Waals surface area (Å²) in [6.07, 6.45) is 3.97. The minimum absolute atomic E-state index is 0.00427. The quantitative estimate of drug-likeness (QED) is 0.822. The van der Waals surface area contributed by atoms with Gasteiger partial charge in [-0.2, -0.15) is 0 Å². The van der Waals surface area contributed by atoms with Crippen molar-refractivity contribution in [3.63, 3.8) is 0 Å². The van der Waals surface area contributed by atoms with E-state index < -0.39 is 5.97 Å². The minimum atomic E-state index is -0.833. The molecule has 2 N–H and O–H groups in total. The zero-order valence-corrected chi connectivity index (χ0v) is 11.2. The molecular formula is C12H19N3O2S. The predicted molar refractivity (Wildman–Crippen MR) is 72.2 cm³/mol. The number of carbonyl (C=O) groups is 1. The van der Waals surface area contributed by atoms with E-state index >= 15 is 0 Å². The number of rotatable bonds is 6. The van der Waals surface area contributed by atoms with Crippen molar-refractivity contribution in [2.75, 3.05) is 31.5 Å². The Kier molecular flexibility index (Phi) is 4.95. The fraction of sp³-hybridized carbons (Fsp3) is 0.667. The Morgan fingerprint density at radius 3 is 2.94 bits per heavy atom. The van der Waals surface area contributed by atoms with Gasteiger partial charge in [0.05, 0.1) is 12.1 Å². The van der Waals surface area contributed by atoms with Crippen LogP contribution in [0, 0.1) is 0 Å². The lowest BCUT2D eigenvalue weighted by Gasteiger charge is -2.26. The molecule has 100 valence electrons. The van der Waals surface area contributed by atoms with E-state index in [0.29, 0.717) is 5.69 Å². The molecule has 0 aliphatic carbocycles. The number of nitrogens with one attached hydrogen (secondary N) is 1. The molecule has 0 atom stereocenters. The lowest BCUT2D eigenvalue weighted by atomic mass is 10.1. The van der Waals surface area contributed by atoms with Gasteiger partial charge in [0.25, 0.3) is 0 Å². The second kappa shape index (κ2) is 6.70. The van der Waals surface area contributed by atoms with Gasteiger partial charge in [-0.15, -0.1) is 11.3 Å². The maximum Gasteiger partial charge on any atom is 0.309 e. The van der Waals surface area contributed by atoms with Crippen LogP contribution >= 0.6 is 11.3 Å². The van der Waals surface area contributed by atoms with Gasteiger partial charge in [-0.1, -0.05) is 6.42 Å². The van der Waals surface area contributed by atoms with Gasteiger partial charge in [0.15, 0.2) is 5.13 Å². The molecule has 1 aliphatic rings. The highest BCUT2D eigenvalue weighted by Gasteiger charge is 2.10. The molecule has 0 amide bonds. The molecule has 2 rings (SSSR count). The van der Waals surface area contributed by atoms with E-state index in [1.165, 1.54) is 43.7 Å². The van der Waals surface area contributed by atoms with E-state index in [-0.39, 0.29) is 6.42 Å². The van der Waals surface area contributed by atoms with Gasteiger partial charge < -0.3 is 15.3 Å². The van der Waals surface area contributed by atoms with Crippen LogP contribution in [0.5, 0.6) is 0 Å². The van der Waals surface area contributed by atoms with Crippen molar-refractivity contribution in [2.45, 2.75) is 25.7 Å². The molecule has 1 aromatic rings. The van der Waals surface area contributed by atoms with Crippen molar-refractivity contribution >= 4 is 22.4 Å². The molecule has 5 nitrogen and oxygen atoms in total. The fourth-order valence-corrected chi connectivity index (χ4v) is 2.87. The maximum absolute atomic E-state index is 10.5. The summed E-state index contributed by atoms with van der Waals surface area (Å²) in [5.41, 5.74) is 0.632. The first kappa shape index (κ1) is 13.3. The first-order valence-corrected chi connectivity index (χ1v) is 7.24. The smallest absolute Gasteiger partial charge is 0.309 e. The number of carboxylic acids is 1. The summed E-state index contributed by atoms with van der Waals surface area (Å²) in [5, 5.41) is 14.5. The van der Waals surface area contributed by atoms with E-state index in [1.54, 1.807) is 5.38 Å². The summed E-state index contributed by atoms with van der Waals surface area (Å²) in [7, 11) is 0. The zero-order chi connectivity index (χ0) is 12.8. The number of carboxylic acid groups (broad SMARTS) is 1. The molecular weight excluding hydrogens is 250 g/mol. The average molecular weight is 269 g/mol. The van der Waals surface area contributed by atoms with Gasteiger partial charge in [-0.3, -0.25) is 4.79 Å². The van der Waals surface area contributed by atoms with Crippen LogP contribution in [0.25, 0.3) is 0 Å². The average Bonchev–Trinajstić information content (AvgIpc) is 2.77. The molecule has 2 heterocycles. The SMILES string of the molecule is O=C(O)Cc1csc(NCCN2CCCCC2)n1.